The standard InChI is InChI=1S/C16H16N4O/c17-10-21-14-9-13(12-6-7-19-15(18)8-12)20-16(14)11-4-2-1-3-5-11/h1-9,20H,10,17H2,(H2,18,19). The molecule has 0 saturated heterocycles. The van der Waals surface area contributed by atoms with Gasteiger partial charge in [-0.3, -0.25) is 5.73 Å². The third kappa shape index (κ3) is 2.73. The van der Waals surface area contributed by atoms with Gasteiger partial charge in [-0.05, 0) is 12.1 Å². The molecule has 3 rings (SSSR count). The highest BCUT2D eigenvalue weighted by Gasteiger charge is 2.12. The highest BCUT2D eigenvalue weighted by atomic mass is 16.5. The minimum Gasteiger partial charge on any atom is -0.476 e. The third-order valence-electron chi connectivity index (χ3n) is 3.17. The maximum Gasteiger partial charge on any atom is 0.147 e. The number of nitrogens with zero attached hydrogens (tertiary/aromatic N) is 1. The molecule has 1 aromatic carbocycles. The molecule has 0 unspecified atom stereocenters. The second kappa shape index (κ2) is 5.68. The number of aromatic nitrogens is 2. The lowest BCUT2D eigenvalue weighted by Gasteiger charge is -2.04. The van der Waals surface area contributed by atoms with Crippen molar-refractivity contribution in [2.24, 2.45) is 5.73 Å². The number of anilines is 1. The lowest BCUT2D eigenvalue weighted by atomic mass is 10.1. The molecule has 0 amide bonds. The maximum atomic E-state index is 5.73. The van der Waals surface area contributed by atoms with E-state index >= 15 is 0 Å². The van der Waals surface area contributed by atoms with Gasteiger partial charge in [-0.25, -0.2) is 4.98 Å². The Hall–Kier alpha value is -2.79. The van der Waals surface area contributed by atoms with Crippen molar-refractivity contribution >= 4 is 5.82 Å². The van der Waals surface area contributed by atoms with E-state index in [2.05, 4.69) is 9.97 Å². The molecule has 21 heavy (non-hydrogen) atoms. The number of benzene rings is 1. The minimum atomic E-state index is 0.121. The topological polar surface area (TPSA) is 89.9 Å². The van der Waals surface area contributed by atoms with E-state index in [-0.39, 0.29) is 6.73 Å². The van der Waals surface area contributed by atoms with Gasteiger partial charge in [0, 0.05) is 29.1 Å². The molecule has 5 N–H and O–H groups in total. The minimum absolute atomic E-state index is 0.121. The average Bonchev–Trinajstić information content (AvgIpc) is 2.93. The molecule has 106 valence electrons. The van der Waals surface area contributed by atoms with Crippen LogP contribution in [0.4, 0.5) is 5.82 Å². The Morgan fingerprint density at radius 2 is 1.86 bits per heavy atom. The molecule has 3 aromatic rings. The number of aromatic amines is 1. The summed E-state index contributed by atoms with van der Waals surface area (Å²) < 4.78 is 5.52. The van der Waals surface area contributed by atoms with E-state index in [0.717, 1.165) is 22.5 Å². The molecular weight excluding hydrogens is 264 g/mol. The van der Waals surface area contributed by atoms with E-state index < -0.39 is 0 Å². The average molecular weight is 280 g/mol. The number of nitrogens with two attached hydrogens (primary N) is 2. The zero-order chi connectivity index (χ0) is 14.7. The van der Waals surface area contributed by atoms with Crippen LogP contribution in [-0.4, -0.2) is 16.7 Å². The molecule has 0 atom stereocenters. The van der Waals surface area contributed by atoms with E-state index in [9.17, 15) is 0 Å². The number of H-pyrrole nitrogens is 1. The van der Waals surface area contributed by atoms with Crippen molar-refractivity contribution in [1.82, 2.24) is 9.97 Å². The van der Waals surface area contributed by atoms with E-state index in [1.54, 1.807) is 6.20 Å². The Kier molecular flexibility index (Phi) is 3.57. The van der Waals surface area contributed by atoms with Gasteiger partial charge in [0.25, 0.3) is 0 Å². The van der Waals surface area contributed by atoms with Crippen LogP contribution in [0.25, 0.3) is 22.5 Å². The maximum absolute atomic E-state index is 5.73. The van der Waals surface area contributed by atoms with Crippen molar-refractivity contribution in [3.63, 3.8) is 0 Å². The monoisotopic (exact) mass is 280 g/mol. The van der Waals surface area contributed by atoms with Crippen LogP contribution in [0.5, 0.6) is 5.75 Å². The second-order valence-corrected chi connectivity index (χ2v) is 4.57. The molecule has 2 aromatic heterocycles. The number of pyridine rings is 1. The summed E-state index contributed by atoms with van der Waals surface area (Å²) in [5, 5.41) is 0. The van der Waals surface area contributed by atoms with Crippen molar-refractivity contribution in [3.8, 4) is 28.3 Å². The van der Waals surface area contributed by atoms with Crippen LogP contribution in [0.3, 0.4) is 0 Å². The fourth-order valence-corrected chi connectivity index (χ4v) is 2.23. The number of hydrogen-bond donors (Lipinski definition) is 3. The summed E-state index contributed by atoms with van der Waals surface area (Å²) >= 11 is 0. The molecule has 0 saturated carbocycles. The first kappa shape index (κ1) is 13.2. The van der Waals surface area contributed by atoms with Crippen LogP contribution in [0.2, 0.25) is 0 Å². The first-order valence-corrected chi connectivity index (χ1v) is 6.61. The van der Waals surface area contributed by atoms with E-state index in [1.807, 2.05) is 48.5 Å². The quantitative estimate of drug-likeness (QED) is 0.641. The smallest absolute Gasteiger partial charge is 0.147 e. The molecular formula is C16H16N4O. The van der Waals surface area contributed by atoms with Crippen LogP contribution in [-0.2, 0) is 0 Å². The Labute approximate surface area is 122 Å². The molecule has 5 heteroatoms. The van der Waals surface area contributed by atoms with Gasteiger partial charge in [-0.2, -0.15) is 0 Å². The van der Waals surface area contributed by atoms with Crippen molar-refractivity contribution in [2.75, 3.05) is 12.5 Å². The number of rotatable bonds is 4. The summed E-state index contributed by atoms with van der Waals surface area (Å²) in [5.41, 5.74) is 15.0. The summed E-state index contributed by atoms with van der Waals surface area (Å²) in [7, 11) is 0. The van der Waals surface area contributed by atoms with Crippen LogP contribution >= 0.6 is 0 Å². The van der Waals surface area contributed by atoms with Crippen LogP contribution in [0.15, 0.2) is 54.7 Å². The predicted molar refractivity (Wildman–Crippen MR) is 83.6 cm³/mol. The predicted octanol–water partition coefficient (Wildman–Crippen LogP) is 2.62. The molecule has 0 fully saturated rings. The van der Waals surface area contributed by atoms with E-state index in [0.29, 0.717) is 11.6 Å². The Morgan fingerprint density at radius 1 is 1.05 bits per heavy atom. The normalized spacial score (nSPS) is 10.5. The molecule has 0 aliphatic carbocycles. The number of ether oxygens (including phenoxy) is 1. The van der Waals surface area contributed by atoms with E-state index in [1.165, 1.54) is 0 Å². The molecule has 0 radical (unpaired) electrons. The highest BCUT2D eigenvalue weighted by Crippen LogP contribution is 2.34. The van der Waals surface area contributed by atoms with E-state index in [4.69, 9.17) is 16.2 Å². The zero-order valence-corrected chi connectivity index (χ0v) is 11.4. The van der Waals surface area contributed by atoms with Gasteiger partial charge in [0.2, 0.25) is 0 Å². The number of hydrogen-bond acceptors (Lipinski definition) is 4. The molecule has 0 aliphatic rings. The van der Waals surface area contributed by atoms with Gasteiger partial charge in [-0.15, -0.1) is 0 Å². The zero-order valence-electron chi connectivity index (χ0n) is 11.4. The Bertz CT molecular complexity index is 737. The molecule has 0 bridgehead atoms. The van der Waals surface area contributed by atoms with Gasteiger partial charge in [0.15, 0.2) is 0 Å². The molecule has 5 nitrogen and oxygen atoms in total. The highest BCUT2D eigenvalue weighted by molar-refractivity contribution is 5.75. The Morgan fingerprint density at radius 3 is 2.57 bits per heavy atom. The lowest BCUT2D eigenvalue weighted by Crippen LogP contribution is -2.07. The van der Waals surface area contributed by atoms with Gasteiger partial charge in [0.1, 0.15) is 18.3 Å². The third-order valence-corrected chi connectivity index (χ3v) is 3.17. The summed E-state index contributed by atoms with van der Waals surface area (Å²) in [5.74, 6) is 1.19. The van der Waals surface area contributed by atoms with Gasteiger partial charge < -0.3 is 15.5 Å². The van der Waals surface area contributed by atoms with Gasteiger partial charge in [-0.1, -0.05) is 30.3 Å². The van der Waals surface area contributed by atoms with Crippen LogP contribution in [0.1, 0.15) is 0 Å². The number of nitrogen functional groups attached to an aromatic ring is 1. The summed E-state index contributed by atoms with van der Waals surface area (Å²) in [6, 6.07) is 15.6. The Balaban J connectivity index is 2.08. The van der Waals surface area contributed by atoms with Crippen LogP contribution in [0, 0.1) is 0 Å². The van der Waals surface area contributed by atoms with Crippen LogP contribution < -0.4 is 16.2 Å². The SMILES string of the molecule is NCOc1cc(-c2ccnc(N)c2)[nH]c1-c1ccccc1. The molecule has 2 heterocycles. The summed E-state index contributed by atoms with van der Waals surface area (Å²) in [4.78, 5) is 7.36. The largest absolute Gasteiger partial charge is 0.476 e. The van der Waals surface area contributed by atoms with Crippen molar-refractivity contribution < 1.29 is 4.74 Å². The van der Waals surface area contributed by atoms with Gasteiger partial charge in [0.05, 0.1) is 5.69 Å². The summed E-state index contributed by atoms with van der Waals surface area (Å²) in [6.45, 7) is 0.121. The van der Waals surface area contributed by atoms with Crippen molar-refractivity contribution in [1.29, 1.82) is 0 Å². The first-order chi connectivity index (χ1) is 10.3. The molecule has 0 aliphatic heterocycles. The van der Waals surface area contributed by atoms with Gasteiger partial charge >= 0.3 is 0 Å². The van der Waals surface area contributed by atoms with Crippen molar-refractivity contribution in [2.45, 2.75) is 0 Å². The van der Waals surface area contributed by atoms with Crippen molar-refractivity contribution in [3.05, 3.63) is 54.7 Å². The fourth-order valence-electron chi connectivity index (χ4n) is 2.23. The fraction of sp³-hybridized carbons (Fsp3) is 0.0625. The summed E-state index contributed by atoms with van der Waals surface area (Å²) in [6.07, 6.45) is 1.68. The number of nitrogens with one attached hydrogen (secondary N) is 1. The first-order valence-electron chi connectivity index (χ1n) is 6.61. The molecule has 0 spiro atoms. The lowest BCUT2D eigenvalue weighted by molar-refractivity contribution is 0.331. The second-order valence-electron chi connectivity index (χ2n) is 4.57.